The summed E-state index contributed by atoms with van der Waals surface area (Å²) >= 11 is 0. The number of rotatable bonds is 9. The number of aromatic nitrogens is 2. The number of halogens is 1. The first-order chi connectivity index (χ1) is 21.4. The van der Waals surface area contributed by atoms with Crippen LogP contribution < -0.4 is 15.0 Å². The first-order valence-corrected chi connectivity index (χ1v) is 16.3. The number of hydrogen-bond acceptors (Lipinski definition) is 6. The zero-order valence-corrected chi connectivity index (χ0v) is 27.4. The number of hydrogen-bond donors (Lipinski definition) is 2. The molecule has 3 fully saturated rings. The van der Waals surface area contributed by atoms with Crippen molar-refractivity contribution in [2.45, 2.75) is 70.6 Å². The monoisotopic (exact) mass is 634 g/mol. The smallest absolute Gasteiger partial charge is 0.266 e. The van der Waals surface area contributed by atoms with Gasteiger partial charge >= 0.3 is 0 Å². The summed E-state index contributed by atoms with van der Waals surface area (Å²) in [5, 5.41) is 10.2. The number of amides is 2. The molecule has 0 unspecified atom stereocenters. The van der Waals surface area contributed by atoms with Crippen LogP contribution in [0.2, 0.25) is 0 Å². The molecule has 9 nitrogen and oxygen atoms in total. The second-order valence-electron chi connectivity index (χ2n) is 13.0. The Morgan fingerprint density at radius 3 is 2.44 bits per heavy atom. The molecule has 2 aliphatic heterocycles. The Morgan fingerprint density at radius 1 is 0.978 bits per heavy atom. The van der Waals surface area contributed by atoms with Gasteiger partial charge in [0.15, 0.2) is 5.60 Å². The Labute approximate surface area is 273 Å². The van der Waals surface area contributed by atoms with Gasteiger partial charge in [0.2, 0.25) is 5.91 Å². The normalized spacial score (nSPS) is 19.2. The number of nitrogens with zero attached hydrogens (tertiary/aromatic N) is 4. The molecule has 1 aromatic heterocycles. The van der Waals surface area contributed by atoms with E-state index >= 15 is 0 Å². The highest BCUT2D eigenvalue weighted by molar-refractivity contribution is 5.85. The van der Waals surface area contributed by atoms with Crippen LogP contribution in [0.5, 0.6) is 5.75 Å². The lowest BCUT2D eigenvalue weighted by Crippen LogP contribution is -2.54. The van der Waals surface area contributed by atoms with Crippen LogP contribution in [-0.2, 0) is 16.1 Å². The molecule has 0 bridgehead atoms. The number of piperazine rings is 1. The maximum atomic E-state index is 14.2. The predicted octanol–water partition coefficient (Wildman–Crippen LogP) is 5.28. The molecule has 1 saturated carbocycles. The fraction of sp³-hybridized carbons (Fsp3) is 0.514. The highest BCUT2D eigenvalue weighted by atomic mass is 35.5. The Balaban J connectivity index is 0.00000400. The van der Waals surface area contributed by atoms with Gasteiger partial charge in [-0.15, -0.1) is 12.4 Å². The summed E-state index contributed by atoms with van der Waals surface area (Å²) in [5.41, 5.74) is 3.41. The van der Waals surface area contributed by atoms with Gasteiger partial charge in [-0.05, 0) is 62.8 Å². The number of nitrogens with one attached hydrogen (secondary N) is 2. The number of H-pyrrole nitrogens is 1. The number of anilines is 1. The molecule has 2 amide bonds. The van der Waals surface area contributed by atoms with Crippen molar-refractivity contribution in [1.29, 1.82) is 0 Å². The summed E-state index contributed by atoms with van der Waals surface area (Å²) < 4.78 is 6.31. The molecule has 2 saturated heterocycles. The van der Waals surface area contributed by atoms with E-state index < -0.39 is 5.60 Å². The first-order valence-electron chi connectivity index (χ1n) is 16.3. The molecule has 3 aromatic rings. The lowest BCUT2D eigenvalue weighted by Gasteiger charge is -2.38. The average Bonchev–Trinajstić information content (AvgIpc) is 3.79. The van der Waals surface area contributed by atoms with Crippen LogP contribution in [0.3, 0.4) is 0 Å². The van der Waals surface area contributed by atoms with Crippen LogP contribution in [0.25, 0.3) is 11.1 Å². The van der Waals surface area contributed by atoms with Gasteiger partial charge in [0, 0.05) is 75.4 Å². The molecular formula is C35H47ClN6O3. The maximum Gasteiger partial charge on any atom is 0.266 e. The Morgan fingerprint density at radius 2 is 1.73 bits per heavy atom. The molecule has 2 aromatic carbocycles. The molecule has 10 heteroatoms. The van der Waals surface area contributed by atoms with E-state index in [9.17, 15) is 9.59 Å². The first kappa shape index (κ1) is 32.8. The predicted molar refractivity (Wildman–Crippen MR) is 180 cm³/mol. The van der Waals surface area contributed by atoms with Gasteiger partial charge < -0.3 is 24.8 Å². The number of benzene rings is 2. The van der Waals surface area contributed by atoms with Crippen molar-refractivity contribution >= 4 is 29.9 Å². The molecule has 2 N–H and O–H groups in total. The highest BCUT2D eigenvalue weighted by Crippen LogP contribution is 2.32. The standard InChI is InChI=1S/C35H46N6O3.ClH/c1-35(2,34(43)39-19-16-36-17-20-39)44-32-11-5-10-31(21-32)40-18-6-7-28(25-40)33(42)41(30-8-3-4-9-30)24-26-12-14-27(15-13-26)29-22-37-38-23-29;/h5,10-15,21-23,28,30,36H,3-4,6-9,16-20,24-25H2,1-2H3,(H,37,38);1H/t28-;/m1./s1. The highest BCUT2D eigenvalue weighted by Gasteiger charge is 2.36. The number of ether oxygens (including phenoxy) is 1. The van der Waals surface area contributed by atoms with Crippen LogP contribution in [0.4, 0.5) is 5.69 Å². The minimum absolute atomic E-state index is 0. The minimum atomic E-state index is -0.963. The maximum absolute atomic E-state index is 14.2. The van der Waals surface area contributed by atoms with Gasteiger partial charge in [-0.2, -0.15) is 5.10 Å². The van der Waals surface area contributed by atoms with E-state index in [1.807, 2.05) is 49.3 Å². The van der Waals surface area contributed by atoms with E-state index in [4.69, 9.17) is 4.74 Å². The molecule has 242 valence electrons. The Bertz CT molecular complexity index is 1400. The quantitative estimate of drug-likeness (QED) is 0.333. The van der Waals surface area contributed by atoms with Gasteiger partial charge in [-0.1, -0.05) is 43.2 Å². The van der Waals surface area contributed by atoms with E-state index in [1.54, 1.807) is 0 Å². The van der Waals surface area contributed by atoms with Crippen molar-refractivity contribution in [3.63, 3.8) is 0 Å². The Kier molecular flexibility index (Phi) is 10.7. The van der Waals surface area contributed by atoms with E-state index in [1.165, 1.54) is 12.8 Å². The van der Waals surface area contributed by atoms with Crippen LogP contribution in [0.1, 0.15) is 57.9 Å². The van der Waals surface area contributed by atoms with E-state index in [0.29, 0.717) is 38.0 Å². The van der Waals surface area contributed by atoms with Crippen molar-refractivity contribution in [3.05, 3.63) is 66.5 Å². The lowest BCUT2D eigenvalue weighted by molar-refractivity contribution is -0.146. The second-order valence-corrected chi connectivity index (χ2v) is 13.0. The zero-order chi connectivity index (χ0) is 30.5. The van der Waals surface area contributed by atoms with Crippen LogP contribution in [-0.4, -0.2) is 82.7 Å². The summed E-state index contributed by atoms with van der Waals surface area (Å²) in [5.74, 6) is 0.910. The van der Waals surface area contributed by atoms with Gasteiger partial charge in [0.1, 0.15) is 5.75 Å². The molecule has 45 heavy (non-hydrogen) atoms. The molecule has 0 spiro atoms. The largest absolute Gasteiger partial charge is 0.478 e. The molecule has 1 aliphatic carbocycles. The average molecular weight is 635 g/mol. The van der Waals surface area contributed by atoms with Crippen LogP contribution >= 0.6 is 12.4 Å². The molecule has 6 rings (SSSR count). The van der Waals surface area contributed by atoms with E-state index in [-0.39, 0.29) is 30.1 Å². The summed E-state index contributed by atoms with van der Waals surface area (Å²) in [7, 11) is 0. The van der Waals surface area contributed by atoms with Crippen LogP contribution in [0, 0.1) is 5.92 Å². The number of piperidine rings is 1. The topological polar surface area (TPSA) is 93.8 Å². The lowest BCUT2D eigenvalue weighted by atomic mass is 9.94. The molecular weight excluding hydrogens is 588 g/mol. The summed E-state index contributed by atoms with van der Waals surface area (Å²) in [6.07, 6.45) is 10.1. The van der Waals surface area contributed by atoms with Crippen LogP contribution in [0.15, 0.2) is 60.9 Å². The third kappa shape index (κ3) is 7.82. The van der Waals surface area contributed by atoms with Gasteiger partial charge in [-0.3, -0.25) is 14.7 Å². The summed E-state index contributed by atoms with van der Waals surface area (Å²) in [6.45, 7) is 8.94. The fourth-order valence-electron chi connectivity index (χ4n) is 6.99. The Hall–Kier alpha value is -3.56. The summed E-state index contributed by atoms with van der Waals surface area (Å²) in [6, 6.07) is 16.8. The molecule has 3 heterocycles. The SMILES string of the molecule is CC(C)(Oc1cccc(N2CCC[C@@H](C(=O)N(Cc3ccc(-c4cn[nH]c4)cc3)C3CCCC3)C2)c1)C(=O)N1CCNCC1.Cl. The molecule has 3 aliphatic rings. The van der Waals surface area contributed by atoms with Crippen molar-refractivity contribution < 1.29 is 14.3 Å². The second kappa shape index (κ2) is 14.7. The van der Waals surface area contributed by atoms with E-state index in [2.05, 4.69) is 55.6 Å². The number of aromatic amines is 1. The van der Waals surface area contributed by atoms with Gasteiger partial charge in [0.25, 0.3) is 5.91 Å². The number of carbonyl (C=O) groups excluding carboxylic acids is 2. The molecule has 0 radical (unpaired) electrons. The van der Waals surface area contributed by atoms with Crippen molar-refractivity contribution in [2.75, 3.05) is 44.2 Å². The fourth-order valence-corrected chi connectivity index (χ4v) is 6.99. The summed E-state index contributed by atoms with van der Waals surface area (Å²) in [4.78, 5) is 33.8. The van der Waals surface area contributed by atoms with E-state index in [0.717, 1.165) is 67.7 Å². The van der Waals surface area contributed by atoms with Crippen molar-refractivity contribution in [3.8, 4) is 16.9 Å². The molecule has 1 atom stereocenters. The third-order valence-electron chi connectivity index (χ3n) is 9.43. The minimum Gasteiger partial charge on any atom is -0.478 e. The third-order valence-corrected chi connectivity index (χ3v) is 9.43. The number of carbonyl (C=O) groups is 2. The van der Waals surface area contributed by atoms with Gasteiger partial charge in [0.05, 0.1) is 12.1 Å². The van der Waals surface area contributed by atoms with Crippen molar-refractivity contribution in [1.82, 2.24) is 25.3 Å². The van der Waals surface area contributed by atoms with Crippen molar-refractivity contribution in [2.24, 2.45) is 5.92 Å². The van der Waals surface area contributed by atoms with Gasteiger partial charge in [-0.25, -0.2) is 0 Å². The zero-order valence-electron chi connectivity index (χ0n) is 26.5.